The van der Waals surface area contributed by atoms with Crippen molar-refractivity contribution in [2.24, 2.45) is 0 Å². The first kappa shape index (κ1) is 23.5. The lowest BCUT2D eigenvalue weighted by Crippen LogP contribution is -1.98. The molecule has 4 rings (SSSR count). The van der Waals surface area contributed by atoms with Crippen molar-refractivity contribution >= 4 is 17.1 Å². The SMILES string of the molecule is O=[N+]([O-])c1ccc(Oc2cc(Oc3ccc([N+](=O)[O-])cc3)nc(Oc3ccc([N+](=O)[O-])cc3)n2)cc1. The quantitative estimate of drug-likeness (QED) is 0.210. The van der Waals surface area contributed by atoms with Gasteiger partial charge >= 0.3 is 6.01 Å². The number of ether oxygens (including phenoxy) is 3. The minimum absolute atomic E-state index is 0.0484. The fourth-order valence-electron chi connectivity index (χ4n) is 2.79. The summed E-state index contributed by atoms with van der Waals surface area (Å²) in [5, 5.41) is 32.6. The second-order valence-electron chi connectivity index (χ2n) is 6.89. The first-order chi connectivity index (χ1) is 17.3. The van der Waals surface area contributed by atoms with Gasteiger partial charge in [0, 0.05) is 36.4 Å². The van der Waals surface area contributed by atoms with Crippen LogP contribution in [0.3, 0.4) is 0 Å². The molecule has 0 bridgehead atoms. The van der Waals surface area contributed by atoms with E-state index in [9.17, 15) is 30.3 Å². The summed E-state index contributed by atoms with van der Waals surface area (Å²) in [5.41, 5.74) is -0.399. The number of aromatic nitrogens is 2. The maximum Gasteiger partial charge on any atom is 0.328 e. The highest BCUT2D eigenvalue weighted by atomic mass is 16.6. The van der Waals surface area contributed by atoms with E-state index < -0.39 is 14.8 Å². The highest BCUT2D eigenvalue weighted by Crippen LogP contribution is 2.31. The number of hydrogen-bond acceptors (Lipinski definition) is 11. The Kier molecular flexibility index (Phi) is 6.58. The fraction of sp³-hybridized carbons (Fsp3) is 0. The molecule has 14 nitrogen and oxygen atoms in total. The van der Waals surface area contributed by atoms with Gasteiger partial charge in [0.05, 0.1) is 20.8 Å². The van der Waals surface area contributed by atoms with E-state index in [2.05, 4.69) is 9.97 Å². The maximum atomic E-state index is 10.9. The Morgan fingerprint density at radius 1 is 0.500 bits per heavy atom. The molecule has 0 saturated heterocycles. The summed E-state index contributed by atoms with van der Waals surface area (Å²) in [4.78, 5) is 39.2. The third-order valence-corrected chi connectivity index (χ3v) is 4.46. The number of hydrogen-bond donors (Lipinski definition) is 0. The van der Waals surface area contributed by atoms with E-state index in [1.807, 2.05) is 0 Å². The molecule has 0 unspecified atom stereocenters. The van der Waals surface area contributed by atoms with Gasteiger partial charge in [-0.15, -0.1) is 0 Å². The van der Waals surface area contributed by atoms with Gasteiger partial charge in [0.1, 0.15) is 17.2 Å². The molecule has 0 atom stereocenters. The van der Waals surface area contributed by atoms with E-state index in [4.69, 9.17) is 14.2 Å². The predicted molar refractivity (Wildman–Crippen MR) is 122 cm³/mol. The van der Waals surface area contributed by atoms with Gasteiger partial charge in [-0.1, -0.05) is 0 Å². The lowest BCUT2D eigenvalue weighted by atomic mass is 10.3. The smallest absolute Gasteiger partial charge is 0.328 e. The van der Waals surface area contributed by atoms with Crippen LogP contribution in [-0.4, -0.2) is 24.7 Å². The Morgan fingerprint density at radius 2 is 0.806 bits per heavy atom. The van der Waals surface area contributed by atoms with Crippen LogP contribution in [0.2, 0.25) is 0 Å². The number of nitro benzene ring substituents is 3. The molecule has 14 heteroatoms. The van der Waals surface area contributed by atoms with Crippen LogP contribution in [0.5, 0.6) is 35.0 Å². The number of rotatable bonds is 9. The summed E-state index contributed by atoms with van der Waals surface area (Å²) < 4.78 is 16.9. The van der Waals surface area contributed by atoms with Crippen molar-refractivity contribution in [1.29, 1.82) is 0 Å². The minimum atomic E-state index is -0.560. The van der Waals surface area contributed by atoms with Crippen LogP contribution < -0.4 is 14.2 Å². The van der Waals surface area contributed by atoms with Crippen LogP contribution in [0.25, 0.3) is 0 Å². The van der Waals surface area contributed by atoms with Crippen LogP contribution >= 0.6 is 0 Å². The Hall–Kier alpha value is -5.66. The first-order valence-corrected chi connectivity index (χ1v) is 9.93. The van der Waals surface area contributed by atoms with Crippen molar-refractivity contribution in [3.63, 3.8) is 0 Å². The third kappa shape index (κ3) is 5.82. The standard InChI is InChI=1S/C22H13N5O9/c28-25(29)14-1-7-17(8-2-14)34-20-13-21(35-18-9-3-15(4-10-18)26(30)31)24-22(23-20)36-19-11-5-16(6-12-19)27(32)33/h1-13H. The van der Waals surface area contributed by atoms with E-state index in [0.29, 0.717) is 0 Å². The van der Waals surface area contributed by atoms with Crippen molar-refractivity contribution in [2.75, 3.05) is 0 Å². The van der Waals surface area contributed by atoms with Crippen molar-refractivity contribution in [3.05, 3.63) is 109 Å². The largest absolute Gasteiger partial charge is 0.439 e. The molecule has 0 aliphatic carbocycles. The summed E-state index contributed by atoms with van der Waals surface area (Å²) in [6, 6.07) is 16.7. The number of nitrogens with zero attached hydrogens (tertiary/aromatic N) is 5. The fourth-order valence-corrected chi connectivity index (χ4v) is 2.79. The molecule has 0 N–H and O–H groups in total. The van der Waals surface area contributed by atoms with E-state index >= 15 is 0 Å². The molecule has 1 aromatic heterocycles. The number of nitro groups is 3. The van der Waals surface area contributed by atoms with Gasteiger partial charge in [-0.3, -0.25) is 30.3 Å². The van der Waals surface area contributed by atoms with Gasteiger partial charge in [0.15, 0.2) is 0 Å². The highest BCUT2D eigenvalue weighted by Gasteiger charge is 2.14. The zero-order valence-corrected chi connectivity index (χ0v) is 17.9. The molecule has 4 aromatic rings. The zero-order valence-electron chi connectivity index (χ0n) is 17.9. The Morgan fingerprint density at radius 3 is 1.11 bits per heavy atom. The summed E-state index contributed by atoms with van der Waals surface area (Å²) in [5.74, 6) is 0.540. The number of non-ortho nitro benzene ring substituents is 3. The van der Waals surface area contributed by atoms with Crippen LogP contribution in [0, 0.1) is 30.3 Å². The van der Waals surface area contributed by atoms with Crippen molar-refractivity contribution in [1.82, 2.24) is 9.97 Å². The molecule has 36 heavy (non-hydrogen) atoms. The molecule has 0 radical (unpaired) electrons. The molecule has 1 heterocycles. The van der Waals surface area contributed by atoms with E-state index in [1.165, 1.54) is 78.9 Å². The summed E-state index contributed by atoms with van der Waals surface area (Å²) >= 11 is 0. The average Bonchev–Trinajstić information content (AvgIpc) is 2.85. The van der Waals surface area contributed by atoms with Gasteiger partial charge in [0.2, 0.25) is 11.8 Å². The molecule has 0 aliphatic heterocycles. The molecule has 3 aromatic carbocycles. The third-order valence-electron chi connectivity index (χ3n) is 4.46. The van der Waals surface area contributed by atoms with E-state index in [-0.39, 0.29) is 52.1 Å². The molecule has 0 fully saturated rings. The molecule has 0 saturated carbocycles. The second kappa shape index (κ2) is 10.1. The second-order valence-corrected chi connectivity index (χ2v) is 6.89. The van der Waals surface area contributed by atoms with Gasteiger partial charge in [-0.05, 0) is 36.4 Å². The Labute approximate surface area is 200 Å². The highest BCUT2D eigenvalue weighted by molar-refractivity contribution is 5.41. The maximum absolute atomic E-state index is 10.9. The summed E-state index contributed by atoms with van der Waals surface area (Å²) in [6.07, 6.45) is 0. The average molecular weight is 491 g/mol. The van der Waals surface area contributed by atoms with E-state index in [1.54, 1.807) is 0 Å². The van der Waals surface area contributed by atoms with Crippen LogP contribution in [0.1, 0.15) is 0 Å². The van der Waals surface area contributed by atoms with Crippen molar-refractivity contribution in [3.8, 4) is 35.0 Å². The predicted octanol–water partition coefficient (Wildman–Crippen LogP) is 5.58. The number of benzene rings is 3. The molecular weight excluding hydrogens is 478 g/mol. The molecule has 180 valence electrons. The van der Waals surface area contributed by atoms with Crippen LogP contribution in [0.4, 0.5) is 17.1 Å². The van der Waals surface area contributed by atoms with Gasteiger partial charge < -0.3 is 14.2 Å². The van der Waals surface area contributed by atoms with E-state index in [0.717, 1.165) is 0 Å². The summed E-state index contributed by atoms with van der Waals surface area (Å²) in [7, 11) is 0. The Balaban J connectivity index is 1.62. The zero-order chi connectivity index (χ0) is 25.7. The van der Waals surface area contributed by atoms with Gasteiger partial charge in [0.25, 0.3) is 17.1 Å². The minimum Gasteiger partial charge on any atom is -0.439 e. The first-order valence-electron chi connectivity index (χ1n) is 9.93. The molecular formula is C22H13N5O9. The van der Waals surface area contributed by atoms with Crippen LogP contribution in [0.15, 0.2) is 78.9 Å². The molecule has 0 amide bonds. The van der Waals surface area contributed by atoms with Crippen molar-refractivity contribution < 1.29 is 29.0 Å². The van der Waals surface area contributed by atoms with Crippen molar-refractivity contribution in [2.45, 2.75) is 0 Å². The molecule has 0 aliphatic rings. The monoisotopic (exact) mass is 491 g/mol. The Bertz CT molecular complexity index is 1240. The lowest BCUT2D eigenvalue weighted by Gasteiger charge is -2.10. The molecule has 0 spiro atoms. The topological polar surface area (TPSA) is 183 Å². The summed E-state index contributed by atoms with van der Waals surface area (Å²) in [6.45, 7) is 0. The normalized spacial score (nSPS) is 10.3. The van der Waals surface area contributed by atoms with Gasteiger partial charge in [-0.2, -0.15) is 9.97 Å². The van der Waals surface area contributed by atoms with Crippen LogP contribution in [-0.2, 0) is 0 Å². The van der Waals surface area contributed by atoms with Gasteiger partial charge in [-0.25, -0.2) is 0 Å². The lowest BCUT2D eigenvalue weighted by molar-refractivity contribution is -0.385.